The predicted octanol–water partition coefficient (Wildman–Crippen LogP) is 4.23. The molecule has 2 aromatic rings. The molecule has 3 heteroatoms. The van der Waals surface area contributed by atoms with E-state index in [0.717, 1.165) is 24.6 Å². The first kappa shape index (κ1) is 15.4. The Bertz CT molecular complexity index is 537. The van der Waals surface area contributed by atoms with Gasteiger partial charge in [-0.2, -0.15) is 0 Å². The Labute approximate surface area is 126 Å². The van der Waals surface area contributed by atoms with Gasteiger partial charge in [0.2, 0.25) is 0 Å². The maximum atomic E-state index is 5.50. The van der Waals surface area contributed by atoms with Gasteiger partial charge in [0.1, 0.15) is 5.75 Å². The average Bonchev–Trinajstić information content (AvgIpc) is 2.53. The van der Waals surface area contributed by atoms with E-state index < -0.39 is 0 Å². The first-order valence-electron chi connectivity index (χ1n) is 7.44. The van der Waals surface area contributed by atoms with Crippen molar-refractivity contribution in [2.45, 2.75) is 27.0 Å². The number of anilines is 1. The van der Waals surface area contributed by atoms with Gasteiger partial charge in [-0.15, -0.1) is 0 Å². The second-order valence-electron chi connectivity index (χ2n) is 4.72. The summed E-state index contributed by atoms with van der Waals surface area (Å²) in [5.74, 6) is 0.915. The zero-order valence-corrected chi connectivity index (χ0v) is 12.8. The van der Waals surface area contributed by atoms with Crippen molar-refractivity contribution in [3.05, 3.63) is 59.7 Å². The maximum absolute atomic E-state index is 5.50. The van der Waals surface area contributed by atoms with E-state index in [1.165, 1.54) is 11.1 Å². The van der Waals surface area contributed by atoms with Gasteiger partial charge in [0.25, 0.3) is 0 Å². The summed E-state index contributed by atoms with van der Waals surface area (Å²) in [6.45, 7) is 6.86. The van der Waals surface area contributed by atoms with Crippen molar-refractivity contribution < 1.29 is 9.47 Å². The van der Waals surface area contributed by atoms with Crippen molar-refractivity contribution in [3.63, 3.8) is 0 Å². The molecule has 112 valence electrons. The first-order valence-corrected chi connectivity index (χ1v) is 7.44. The molecule has 0 saturated heterocycles. The van der Waals surface area contributed by atoms with Gasteiger partial charge in [-0.3, -0.25) is 0 Å². The molecule has 2 rings (SSSR count). The smallest absolute Gasteiger partial charge is 0.119 e. The highest BCUT2D eigenvalue weighted by molar-refractivity contribution is 5.51. The molecule has 0 aliphatic rings. The molecule has 0 saturated carbocycles. The molecule has 0 aliphatic heterocycles. The molecule has 0 aromatic heterocycles. The second kappa shape index (κ2) is 8.32. The molecule has 0 amide bonds. The van der Waals surface area contributed by atoms with E-state index in [1.807, 2.05) is 38.1 Å². The van der Waals surface area contributed by atoms with E-state index in [4.69, 9.17) is 9.47 Å². The zero-order chi connectivity index (χ0) is 14.9. The number of benzene rings is 2. The monoisotopic (exact) mass is 285 g/mol. The van der Waals surface area contributed by atoms with Crippen molar-refractivity contribution >= 4 is 5.69 Å². The van der Waals surface area contributed by atoms with Gasteiger partial charge in [-0.1, -0.05) is 30.3 Å². The number of nitrogens with one attached hydrogen (secondary N) is 1. The van der Waals surface area contributed by atoms with Crippen LogP contribution in [0.1, 0.15) is 25.0 Å². The van der Waals surface area contributed by atoms with Crippen LogP contribution in [0.5, 0.6) is 5.75 Å². The van der Waals surface area contributed by atoms with Crippen molar-refractivity contribution in [2.24, 2.45) is 0 Å². The van der Waals surface area contributed by atoms with Gasteiger partial charge in [0.15, 0.2) is 0 Å². The van der Waals surface area contributed by atoms with Gasteiger partial charge in [-0.05, 0) is 37.6 Å². The summed E-state index contributed by atoms with van der Waals surface area (Å²) in [6.07, 6.45) is 0. The van der Waals surface area contributed by atoms with Crippen molar-refractivity contribution in [1.82, 2.24) is 0 Å². The number of para-hydroxylation sites is 1. The third-order valence-electron chi connectivity index (χ3n) is 3.20. The number of ether oxygens (including phenoxy) is 2. The SMILES string of the molecule is CCOCc1ccccc1NCc1ccc(OCC)cc1. The van der Waals surface area contributed by atoms with Crippen LogP contribution in [0.4, 0.5) is 5.69 Å². The molecule has 2 aromatic carbocycles. The van der Waals surface area contributed by atoms with Crippen molar-refractivity contribution in [3.8, 4) is 5.75 Å². The lowest BCUT2D eigenvalue weighted by atomic mass is 10.1. The van der Waals surface area contributed by atoms with E-state index in [2.05, 4.69) is 29.6 Å². The van der Waals surface area contributed by atoms with Crippen LogP contribution in [-0.2, 0) is 17.9 Å². The lowest BCUT2D eigenvalue weighted by Crippen LogP contribution is -2.03. The molecule has 0 fully saturated rings. The minimum atomic E-state index is 0.642. The Hall–Kier alpha value is -2.00. The quantitative estimate of drug-likeness (QED) is 0.787. The van der Waals surface area contributed by atoms with Gasteiger partial charge in [0.05, 0.1) is 13.2 Å². The lowest BCUT2D eigenvalue weighted by Gasteiger charge is -2.12. The Morgan fingerprint density at radius 3 is 2.38 bits per heavy atom. The van der Waals surface area contributed by atoms with E-state index >= 15 is 0 Å². The Morgan fingerprint density at radius 2 is 1.67 bits per heavy atom. The number of hydrogen-bond acceptors (Lipinski definition) is 3. The summed E-state index contributed by atoms with van der Waals surface area (Å²) in [4.78, 5) is 0. The van der Waals surface area contributed by atoms with E-state index in [9.17, 15) is 0 Å². The Morgan fingerprint density at radius 1 is 0.905 bits per heavy atom. The molecular formula is C18H23NO2. The first-order chi connectivity index (χ1) is 10.3. The molecule has 0 heterocycles. The number of hydrogen-bond donors (Lipinski definition) is 1. The predicted molar refractivity (Wildman–Crippen MR) is 86.7 cm³/mol. The van der Waals surface area contributed by atoms with Crippen LogP contribution in [-0.4, -0.2) is 13.2 Å². The fourth-order valence-electron chi connectivity index (χ4n) is 2.10. The van der Waals surface area contributed by atoms with Crippen LogP contribution in [0.3, 0.4) is 0 Å². The third-order valence-corrected chi connectivity index (χ3v) is 3.20. The maximum Gasteiger partial charge on any atom is 0.119 e. The van der Waals surface area contributed by atoms with Crippen LogP contribution in [0, 0.1) is 0 Å². The fourth-order valence-corrected chi connectivity index (χ4v) is 2.10. The van der Waals surface area contributed by atoms with Crippen LogP contribution in [0.15, 0.2) is 48.5 Å². The van der Waals surface area contributed by atoms with Gasteiger partial charge >= 0.3 is 0 Å². The summed E-state index contributed by atoms with van der Waals surface area (Å²) in [7, 11) is 0. The van der Waals surface area contributed by atoms with Crippen LogP contribution >= 0.6 is 0 Å². The number of rotatable bonds is 8. The van der Waals surface area contributed by atoms with Gasteiger partial charge < -0.3 is 14.8 Å². The standard InChI is InChI=1S/C18H23NO2/c1-3-20-14-16-7-5-6-8-18(16)19-13-15-9-11-17(12-10-15)21-4-2/h5-12,19H,3-4,13-14H2,1-2H3. The highest BCUT2D eigenvalue weighted by Gasteiger charge is 2.02. The van der Waals surface area contributed by atoms with Crippen LogP contribution in [0.25, 0.3) is 0 Å². The Kier molecular flexibility index (Phi) is 6.10. The van der Waals surface area contributed by atoms with Crippen LogP contribution in [0.2, 0.25) is 0 Å². The van der Waals surface area contributed by atoms with E-state index in [-0.39, 0.29) is 0 Å². The molecule has 0 spiro atoms. The molecule has 1 N–H and O–H groups in total. The molecule has 0 atom stereocenters. The fraction of sp³-hybridized carbons (Fsp3) is 0.333. The second-order valence-corrected chi connectivity index (χ2v) is 4.72. The lowest BCUT2D eigenvalue weighted by molar-refractivity contribution is 0.134. The van der Waals surface area contributed by atoms with Crippen LogP contribution < -0.4 is 10.1 Å². The largest absolute Gasteiger partial charge is 0.494 e. The average molecular weight is 285 g/mol. The summed E-state index contributed by atoms with van der Waals surface area (Å²) >= 11 is 0. The summed E-state index contributed by atoms with van der Waals surface area (Å²) < 4.78 is 10.9. The minimum absolute atomic E-state index is 0.642. The normalized spacial score (nSPS) is 10.4. The van der Waals surface area contributed by atoms with Crippen molar-refractivity contribution in [1.29, 1.82) is 0 Å². The summed E-state index contributed by atoms with van der Waals surface area (Å²) in [5, 5.41) is 3.47. The third kappa shape index (κ3) is 4.80. The highest BCUT2D eigenvalue weighted by atomic mass is 16.5. The van der Waals surface area contributed by atoms with Crippen molar-refractivity contribution in [2.75, 3.05) is 18.5 Å². The zero-order valence-electron chi connectivity index (χ0n) is 12.8. The molecule has 0 radical (unpaired) electrons. The molecule has 3 nitrogen and oxygen atoms in total. The molecule has 0 bridgehead atoms. The molecule has 0 unspecified atom stereocenters. The van der Waals surface area contributed by atoms with Gasteiger partial charge in [0, 0.05) is 24.4 Å². The highest BCUT2D eigenvalue weighted by Crippen LogP contribution is 2.18. The summed E-state index contributed by atoms with van der Waals surface area (Å²) in [6, 6.07) is 16.4. The molecule has 21 heavy (non-hydrogen) atoms. The molecular weight excluding hydrogens is 262 g/mol. The minimum Gasteiger partial charge on any atom is -0.494 e. The Balaban J connectivity index is 1.96. The topological polar surface area (TPSA) is 30.5 Å². The summed E-state index contributed by atoms with van der Waals surface area (Å²) in [5.41, 5.74) is 3.54. The van der Waals surface area contributed by atoms with Gasteiger partial charge in [-0.25, -0.2) is 0 Å². The van der Waals surface area contributed by atoms with E-state index in [1.54, 1.807) is 0 Å². The van der Waals surface area contributed by atoms with E-state index in [0.29, 0.717) is 13.2 Å². The molecule has 0 aliphatic carbocycles.